The molecule has 0 aromatic carbocycles. The molecule has 86 valence electrons. The number of carbonyl (C=O) groups excluding carboxylic acids is 1. The third-order valence-corrected chi connectivity index (χ3v) is 2.81. The van der Waals surface area contributed by atoms with Crippen LogP contribution in [0.4, 0.5) is 0 Å². The molecule has 16 heavy (non-hydrogen) atoms. The molecule has 2 rings (SSSR count). The molecular weight excluding hydrogens is 208 g/mol. The fraction of sp³-hybridized carbons (Fsp3) is 0.500. The Bertz CT molecular complexity index is 422. The van der Waals surface area contributed by atoms with E-state index in [1.165, 1.54) is 12.1 Å². The summed E-state index contributed by atoms with van der Waals surface area (Å²) in [5.41, 5.74) is 5.54. The van der Waals surface area contributed by atoms with Gasteiger partial charge >= 0.3 is 0 Å². The molecular formula is C10H14N4O2. The Hall–Kier alpha value is -1.69. The Balaban J connectivity index is 2.18. The van der Waals surface area contributed by atoms with Crippen molar-refractivity contribution in [3.8, 4) is 0 Å². The van der Waals surface area contributed by atoms with Crippen molar-refractivity contribution in [2.24, 2.45) is 5.73 Å². The maximum atomic E-state index is 12.0. The fourth-order valence-corrected chi connectivity index (χ4v) is 1.96. The van der Waals surface area contributed by atoms with Crippen LogP contribution in [0.25, 0.3) is 0 Å². The molecule has 1 amide bonds. The highest BCUT2D eigenvalue weighted by Gasteiger charge is 2.28. The summed E-state index contributed by atoms with van der Waals surface area (Å²) in [4.78, 5) is 24.6. The first kappa shape index (κ1) is 10.8. The minimum Gasteiger partial charge on any atom is -0.333 e. The van der Waals surface area contributed by atoms with Crippen LogP contribution in [0.15, 0.2) is 16.9 Å². The van der Waals surface area contributed by atoms with Crippen molar-refractivity contribution in [2.75, 3.05) is 13.1 Å². The van der Waals surface area contributed by atoms with Crippen LogP contribution >= 0.6 is 0 Å². The van der Waals surface area contributed by atoms with Crippen LogP contribution in [0.5, 0.6) is 0 Å². The summed E-state index contributed by atoms with van der Waals surface area (Å²) in [5.74, 6) is -0.163. The first-order chi connectivity index (χ1) is 7.72. The monoisotopic (exact) mass is 222 g/mol. The number of nitrogens with two attached hydrogens (primary N) is 1. The molecule has 0 spiro atoms. The number of likely N-dealkylation sites (tertiary alicyclic amines) is 1. The first-order valence-corrected chi connectivity index (χ1v) is 5.29. The third kappa shape index (κ3) is 1.96. The number of H-pyrrole nitrogens is 1. The van der Waals surface area contributed by atoms with Crippen LogP contribution in [-0.2, 0) is 0 Å². The van der Waals surface area contributed by atoms with Gasteiger partial charge in [0, 0.05) is 25.2 Å². The minimum atomic E-state index is -0.312. The molecule has 1 aliphatic heterocycles. The van der Waals surface area contributed by atoms with Crippen LogP contribution in [0.3, 0.4) is 0 Å². The average Bonchev–Trinajstić information content (AvgIpc) is 2.77. The second kappa shape index (κ2) is 4.44. The van der Waals surface area contributed by atoms with Crippen molar-refractivity contribution in [1.82, 2.24) is 15.1 Å². The van der Waals surface area contributed by atoms with Crippen molar-refractivity contribution in [3.63, 3.8) is 0 Å². The molecule has 1 aromatic heterocycles. The molecule has 1 unspecified atom stereocenters. The first-order valence-electron chi connectivity index (χ1n) is 5.29. The van der Waals surface area contributed by atoms with Crippen LogP contribution in [-0.4, -0.2) is 40.1 Å². The van der Waals surface area contributed by atoms with Crippen molar-refractivity contribution in [3.05, 3.63) is 28.2 Å². The minimum absolute atomic E-state index is 0.0984. The zero-order valence-corrected chi connectivity index (χ0v) is 8.85. The Morgan fingerprint density at radius 3 is 3.06 bits per heavy atom. The Kier molecular flexibility index (Phi) is 3.00. The quantitative estimate of drug-likeness (QED) is 0.694. The smallest absolute Gasteiger partial charge is 0.274 e. The maximum Gasteiger partial charge on any atom is 0.274 e. The summed E-state index contributed by atoms with van der Waals surface area (Å²) in [6, 6.07) is 2.84. The summed E-state index contributed by atoms with van der Waals surface area (Å²) in [6.07, 6.45) is 1.91. The van der Waals surface area contributed by atoms with Crippen LogP contribution in [0, 0.1) is 0 Å². The van der Waals surface area contributed by atoms with Gasteiger partial charge in [0.25, 0.3) is 11.5 Å². The highest BCUT2D eigenvalue weighted by atomic mass is 16.2. The van der Waals surface area contributed by atoms with Gasteiger partial charge in [0.2, 0.25) is 0 Å². The highest BCUT2D eigenvalue weighted by Crippen LogP contribution is 2.17. The lowest BCUT2D eigenvalue weighted by Gasteiger charge is -2.22. The normalized spacial score (nSPS) is 20.1. The van der Waals surface area contributed by atoms with Gasteiger partial charge in [-0.15, -0.1) is 0 Å². The van der Waals surface area contributed by atoms with Gasteiger partial charge < -0.3 is 10.6 Å². The number of aromatic amines is 1. The van der Waals surface area contributed by atoms with E-state index in [9.17, 15) is 9.59 Å². The molecule has 6 nitrogen and oxygen atoms in total. The van der Waals surface area contributed by atoms with Crippen LogP contribution in [0.1, 0.15) is 23.3 Å². The molecule has 3 N–H and O–H groups in total. The molecule has 6 heteroatoms. The standard InChI is InChI=1S/C10H14N4O2/c11-6-7-2-1-5-14(7)10(16)8-3-4-9(15)13-12-8/h3-4,7H,1-2,5-6,11H2,(H,13,15). The summed E-state index contributed by atoms with van der Waals surface area (Å²) in [5, 5.41) is 5.97. The topological polar surface area (TPSA) is 92.1 Å². The number of aromatic nitrogens is 2. The molecule has 0 radical (unpaired) electrons. The van der Waals surface area contributed by atoms with Crippen molar-refractivity contribution < 1.29 is 4.79 Å². The van der Waals surface area contributed by atoms with Gasteiger partial charge in [-0.25, -0.2) is 5.10 Å². The van der Waals surface area contributed by atoms with Gasteiger partial charge in [0.05, 0.1) is 0 Å². The molecule has 1 atom stereocenters. The number of nitrogens with one attached hydrogen (secondary N) is 1. The van der Waals surface area contributed by atoms with Gasteiger partial charge in [-0.1, -0.05) is 0 Å². The van der Waals surface area contributed by atoms with E-state index in [4.69, 9.17) is 5.73 Å². The molecule has 0 bridgehead atoms. The molecule has 1 saturated heterocycles. The van der Waals surface area contributed by atoms with Gasteiger partial charge in [-0.3, -0.25) is 9.59 Å². The van der Waals surface area contributed by atoms with Gasteiger partial charge in [-0.2, -0.15) is 5.10 Å². The van der Waals surface area contributed by atoms with Crippen molar-refractivity contribution >= 4 is 5.91 Å². The molecule has 0 saturated carbocycles. The highest BCUT2D eigenvalue weighted by molar-refractivity contribution is 5.92. The lowest BCUT2D eigenvalue weighted by atomic mass is 10.2. The number of hydrogen-bond donors (Lipinski definition) is 2. The Morgan fingerprint density at radius 2 is 2.44 bits per heavy atom. The predicted molar refractivity (Wildman–Crippen MR) is 58.0 cm³/mol. The van der Waals surface area contributed by atoms with E-state index in [0.717, 1.165) is 12.8 Å². The predicted octanol–water partition coefficient (Wildman–Crippen LogP) is -0.667. The molecule has 1 aliphatic rings. The summed E-state index contributed by atoms with van der Waals surface area (Å²) in [6.45, 7) is 1.18. The Morgan fingerprint density at radius 1 is 1.62 bits per heavy atom. The SMILES string of the molecule is NCC1CCCN1C(=O)c1ccc(=O)[nH]n1. The van der Waals surface area contributed by atoms with E-state index in [1.807, 2.05) is 0 Å². The molecule has 1 fully saturated rings. The number of carbonyl (C=O) groups is 1. The largest absolute Gasteiger partial charge is 0.333 e. The number of rotatable bonds is 2. The van der Waals surface area contributed by atoms with E-state index >= 15 is 0 Å². The van der Waals surface area contributed by atoms with E-state index < -0.39 is 0 Å². The van der Waals surface area contributed by atoms with Crippen LogP contribution < -0.4 is 11.3 Å². The van der Waals surface area contributed by atoms with Gasteiger partial charge in [0.1, 0.15) is 5.69 Å². The number of amides is 1. The summed E-state index contributed by atoms with van der Waals surface area (Å²) < 4.78 is 0. The fourth-order valence-electron chi connectivity index (χ4n) is 1.96. The second-order valence-corrected chi connectivity index (χ2v) is 3.84. The lowest BCUT2D eigenvalue weighted by Crippen LogP contribution is -2.40. The molecule has 1 aromatic rings. The number of hydrogen-bond acceptors (Lipinski definition) is 4. The molecule has 0 aliphatic carbocycles. The second-order valence-electron chi connectivity index (χ2n) is 3.84. The van der Waals surface area contributed by atoms with Crippen molar-refractivity contribution in [1.29, 1.82) is 0 Å². The van der Waals surface area contributed by atoms with E-state index in [1.54, 1.807) is 4.90 Å². The van der Waals surface area contributed by atoms with Crippen molar-refractivity contribution in [2.45, 2.75) is 18.9 Å². The Labute approximate surface area is 92.4 Å². The third-order valence-electron chi connectivity index (χ3n) is 2.81. The van der Waals surface area contributed by atoms with E-state index in [-0.39, 0.29) is 23.2 Å². The number of nitrogens with zero attached hydrogens (tertiary/aromatic N) is 2. The van der Waals surface area contributed by atoms with Gasteiger partial charge in [-0.05, 0) is 18.9 Å². The zero-order chi connectivity index (χ0) is 11.5. The zero-order valence-electron chi connectivity index (χ0n) is 8.85. The average molecular weight is 222 g/mol. The van der Waals surface area contributed by atoms with Gasteiger partial charge in [0.15, 0.2) is 0 Å². The van der Waals surface area contributed by atoms with Crippen LogP contribution in [0.2, 0.25) is 0 Å². The summed E-state index contributed by atoms with van der Waals surface area (Å²) in [7, 11) is 0. The maximum absolute atomic E-state index is 12.0. The lowest BCUT2D eigenvalue weighted by molar-refractivity contribution is 0.0734. The van der Waals surface area contributed by atoms with E-state index in [2.05, 4.69) is 10.2 Å². The molecule has 2 heterocycles. The summed E-state index contributed by atoms with van der Waals surface area (Å²) >= 11 is 0. The van der Waals surface area contributed by atoms with E-state index in [0.29, 0.717) is 13.1 Å².